The zero-order valence-electron chi connectivity index (χ0n) is 22.0. The van der Waals surface area contributed by atoms with Gasteiger partial charge in [-0.15, -0.1) is 0 Å². The van der Waals surface area contributed by atoms with Crippen molar-refractivity contribution < 1.29 is 34.2 Å². The molecule has 11 heteroatoms. The Labute approximate surface area is 227 Å². The van der Waals surface area contributed by atoms with Crippen LogP contribution in [-0.2, 0) is 36.8 Å². The predicted octanol–water partition coefficient (Wildman–Crippen LogP) is 0.859. The Hall–Kier alpha value is -4.25. The van der Waals surface area contributed by atoms with Crippen LogP contribution in [0, 0.1) is 5.92 Å². The number of rotatable bonds is 15. The monoisotopic (exact) mass is 540 g/mol. The molecule has 5 atom stereocenters. The lowest BCUT2D eigenvalue weighted by atomic mass is 9.98. The van der Waals surface area contributed by atoms with Crippen molar-refractivity contribution in [1.82, 2.24) is 16.0 Å². The Morgan fingerprint density at radius 1 is 0.744 bits per heavy atom. The highest BCUT2D eigenvalue weighted by molar-refractivity contribution is 5.95. The van der Waals surface area contributed by atoms with Gasteiger partial charge in [0.15, 0.2) is 0 Å². The van der Waals surface area contributed by atoms with Gasteiger partial charge < -0.3 is 31.9 Å². The Kier molecular flexibility index (Phi) is 12.1. The summed E-state index contributed by atoms with van der Waals surface area (Å²) in [5.41, 5.74) is 7.46. The van der Waals surface area contributed by atoms with Crippen molar-refractivity contribution in [2.45, 2.75) is 63.7 Å². The van der Waals surface area contributed by atoms with Crippen LogP contribution >= 0.6 is 0 Å². The Morgan fingerprint density at radius 3 is 1.72 bits per heavy atom. The number of nitrogens with one attached hydrogen (secondary N) is 3. The minimum Gasteiger partial charge on any atom is -0.481 e. The Morgan fingerprint density at radius 2 is 1.23 bits per heavy atom. The Bertz CT molecular complexity index is 1130. The number of aliphatic carboxylic acids is 2. The highest BCUT2D eigenvalue weighted by Gasteiger charge is 2.33. The number of carboxylic acids is 2. The fraction of sp³-hybridized carbons (Fsp3) is 0.393. The lowest BCUT2D eigenvalue weighted by Crippen LogP contribution is -2.58. The first-order valence-electron chi connectivity index (χ1n) is 12.7. The fourth-order valence-corrected chi connectivity index (χ4v) is 3.89. The van der Waals surface area contributed by atoms with Crippen LogP contribution in [0.2, 0.25) is 0 Å². The number of amides is 3. The third-order valence-corrected chi connectivity index (χ3v) is 6.34. The van der Waals surface area contributed by atoms with Crippen LogP contribution in [0.25, 0.3) is 0 Å². The fourth-order valence-electron chi connectivity index (χ4n) is 3.89. The van der Waals surface area contributed by atoms with Crippen LogP contribution in [0.4, 0.5) is 0 Å². The summed E-state index contributed by atoms with van der Waals surface area (Å²) in [4.78, 5) is 62.3. The van der Waals surface area contributed by atoms with E-state index in [4.69, 9.17) is 5.73 Å². The molecule has 210 valence electrons. The van der Waals surface area contributed by atoms with E-state index in [9.17, 15) is 34.2 Å². The maximum absolute atomic E-state index is 13.2. The van der Waals surface area contributed by atoms with Crippen molar-refractivity contribution in [1.29, 1.82) is 0 Å². The second-order valence-corrected chi connectivity index (χ2v) is 9.42. The van der Waals surface area contributed by atoms with E-state index < -0.39 is 60.2 Å². The van der Waals surface area contributed by atoms with Gasteiger partial charge in [-0.3, -0.25) is 19.2 Å². The zero-order chi connectivity index (χ0) is 28.9. The molecule has 0 aromatic heterocycles. The molecule has 2 aromatic rings. The van der Waals surface area contributed by atoms with Crippen LogP contribution in [0.3, 0.4) is 0 Å². The molecule has 0 aliphatic carbocycles. The molecule has 0 heterocycles. The van der Waals surface area contributed by atoms with Crippen molar-refractivity contribution >= 4 is 29.7 Å². The van der Waals surface area contributed by atoms with Gasteiger partial charge in [-0.25, -0.2) is 4.79 Å². The number of carboxylic acid groups (broad SMARTS) is 2. The first-order valence-corrected chi connectivity index (χ1v) is 12.7. The first-order chi connectivity index (χ1) is 18.5. The lowest BCUT2D eigenvalue weighted by molar-refractivity contribution is -0.144. The van der Waals surface area contributed by atoms with Crippen LogP contribution in [0.1, 0.15) is 37.8 Å². The third kappa shape index (κ3) is 10.2. The smallest absolute Gasteiger partial charge is 0.326 e. The molecule has 11 nitrogen and oxygen atoms in total. The second-order valence-electron chi connectivity index (χ2n) is 9.42. The first kappa shape index (κ1) is 31.0. The zero-order valence-corrected chi connectivity index (χ0v) is 22.0. The minimum absolute atomic E-state index is 0.00647. The summed E-state index contributed by atoms with van der Waals surface area (Å²) < 4.78 is 0. The van der Waals surface area contributed by atoms with Crippen molar-refractivity contribution in [3.8, 4) is 0 Å². The molecule has 7 N–H and O–H groups in total. The number of carbonyl (C=O) groups excluding carboxylic acids is 3. The summed E-state index contributed by atoms with van der Waals surface area (Å²) in [6.45, 7) is 3.47. The Balaban J connectivity index is 2.22. The number of hydrogen-bond acceptors (Lipinski definition) is 6. The second kappa shape index (κ2) is 15.2. The van der Waals surface area contributed by atoms with Crippen molar-refractivity contribution in [2.24, 2.45) is 11.7 Å². The quantitative estimate of drug-likeness (QED) is 0.192. The highest BCUT2D eigenvalue weighted by atomic mass is 16.4. The maximum atomic E-state index is 13.2. The van der Waals surface area contributed by atoms with Gasteiger partial charge in [0, 0.05) is 6.42 Å². The summed E-state index contributed by atoms with van der Waals surface area (Å²) in [5.74, 6) is -5.34. The summed E-state index contributed by atoms with van der Waals surface area (Å²) >= 11 is 0. The summed E-state index contributed by atoms with van der Waals surface area (Å²) in [7, 11) is 0. The molecule has 0 radical (unpaired) electrons. The molecule has 5 unspecified atom stereocenters. The minimum atomic E-state index is -1.52. The van der Waals surface area contributed by atoms with E-state index in [0.717, 1.165) is 5.56 Å². The van der Waals surface area contributed by atoms with Gasteiger partial charge in [-0.1, -0.05) is 80.9 Å². The van der Waals surface area contributed by atoms with E-state index in [1.165, 1.54) is 0 Å². The molecule has 39 heavy (non-hydrogen) atoms. The van der Waals surface area contributed by atoms with Gasteiger partial charge in [0.05, 0.1) is 12.5 Å². The molecule has 0 aliphatic rings. The van der Waals surface area contributed by atoms with Crippen molar-refractivity contribution in [3.05, 3.63) is 71.8 Å². The van der Waals surface area contributed by atoms with Crippen LogP contribution in [-0.4, -0.2) is 64.0 Å². The number of hydrogen-bond donors (Lipinski definition) is 6. The van der Waals surface area contributed by atoms with Crippen molar-refractivity contribution in [2.75, 3.05) is 0 Å². The maximum Gasteiger partial charge on any atom is 0.326 e. The average molecular weight is 541 g/mol. The van der Waals surface area contributed by atoms with E-state index in [-0.39, 0.29) is 18.8 Å². The summed E-state index contributed by atoms with van der Waals surface area (Å²) in [6, 6.07) is 12.7. The van der Waals surface area contributed by atoms with Gasteiger partial charge in [0.25, 0.3) is 0 Å². The van der Waals surface area contributed by atoms with Crippen LogP contribution in [0.5, 0.6) is 0 Å². The van der Waals surface area contributed by atoms with Gasteiger partial charge >= 0.3 is 11.9 Å². The van der Waals surface area contributed by atoms with Crippen molar-refractivity contribution in [3.63, 3.8) is 0 Å². The van der Waals surface area contributed by atoms with Crippen LogP contribution in [0.15, 0.2) is 60.7 Å². The van der Waals surface area contributed by atoms with E-state index in [1.807, 2.05) is 6.07 Å². The predicted molar refractivity (Wildman–Crippen MR) is 143 cm³/mol. The average Bonchev–Trinajstić information content (AvgIpc) is 2.91. The van der Waals surface area contributed by atoms with Crippen LogP contribution < -0.4 is 21.7 Å². The molecular weight excluding hydrogens is 504 g/mol. The SMILES string of the molecule is CCC(C)C(NC(=O)C(Cc1ccccc1)NC(=O)C(CC(=O)O)NC(=O)C(N)Cc1ccccc1)C(=O)O. The highest BCUT2D eigenvalue weighted by Crippen LogP contribution is 2.10. The molecule has 0 fully saturated rings. The number of benzene rings is 2. The molecule has 0 bridgehead atoms. The molecule has 0 saturated heterocycles. The lowest BCUT2D eigenvalue weighted by Gasteiger charge is -2.26. The van der Waals surface area contributed by atoms with Gasteiger partial charge in [0.1, 0.15) is 18.1 Å². The van der Waals surface area contributed by atoms with E-state index in [2.05, 4.69) is 16.0 Å². The molecule has 3 amide bonds. The molecule has 0 aliphatic heterocycles. The van der Waals surface area contributed by atoms with Gasteiger partial charge in [-0.05, 0) is 23.5 Å². The van der Waals surface area contributed by atoms with Gasteiger partial charge in [0.2, 0.25) is 17.7 Å². The summed E-state index contributed by atoms with van der Waals surface area (Å²) in [5, 5.41) is 26.3. The van der Waals surface area contributed by atoms with Gasteiger partial charge in [-0.2, -0.15) is 0 Å². The molecule has 0 saturated carbocycles. The van der Waals surface area contributed by atoms with E-state index in [1.54, 1.807) is 68.4 Å². The summed E-state index contributed by atoms with van der Waals surface area (Å²) in [6.07, 6.45) is -0.0886. The standard InChI is InChI=1S/C28H36N4O7/c1-3-17(2)24(28(38)39)32-27(37)21(15-19-12-8-5-9-13-19)31-26(36)22(16-23(33)34)30-25(35)20(29)14-18-10-6-4-7-11-18/h4-13,17,20-22,24H,3,14-16,29H2,1-2H3,(H,30,35)(H,31,36)(H,32,37)(H,33,34)(H,38,39). The third-order valence-electron chi connectivity index (χ3n) is 6.34. The number of nitrogens with two attached hydrogens (primary N) is 1. The molecule has 2 aromatic carbocycles. The number of carbonyl (C=O) groups is 5. The molecular formula is C28H36N4O7. The normalized spacial score (nSPS) is 14.6. The molecule has 2 rings (SSSR count). The van der Waals surface area contributed by atoms with E-state index in [0.29, 0.717) is 12.0 Å². The van der Waals surface area contributed by atoms with E-state index >= 15 is 0 Å². The molecule has 0 spiro atoms. The topological polar surface area (TPSA) is 188 Å². The largest absolute Gasteiger partial charge is 0.481 e.